The summed E-state index contributed by atoms with van der Waals surface area (Å²) in [6.45, 7) is 3.80. The molecule has 0 spiro atoms. The van der Waals surface area contributed by atoms with Gasteiger partial charge in [0.25, 0.3) is 5.91 Å². The van der Waals surface area contributed by atoms with Gasteiger partial charge in [-0.2, -0.15) is 5.10 Å². The zero-order valence-corrected chi connectivity index (χ0v) is 18.7. The average molecular weight is 452 g/mol. The molecule has 3 amide bonds. The molecular weight excluding hydrogens is 426 g/mol. The maximum absolute atomic E-state index is 13.0. The fraction of sp³-hybridized carbons (Fsp3) is 0.292. The maximum atomic E-state index is 13.0. The Morgan fingerprint density at radius 2 is 2.00 bits per heavy atom. The van der Waals surface area contributed by atoms with Crippen LogP contribution >= 0.6 is 11.6 Å². The highest BCUT2D eigenvalue weighted by molar-refractivity contribution is 6.30. The quantitative estimate of drug-likeness (QED) is 0.524. The third-order valence-electron chi connectivity index (χ3n) is 5.60. The number of aromatic nitrogens is 2. The van der Waals surface area contributed by atoms with Gasteiger partial charge in [0.2, 0.25) is 0 Å². The summed E-state index contributed by atoms with van der Waals surface area (Å²) < 4.78 is 0. The first-order valence-corrected chi connectivity index (χ1v) is 11.1. The van der Waals surface area contributed by atoms with Crippen LogP contribution in [-0.4, -0.2) is 46.7 Å². The summed E-state index contributed by atoms with van der Waals surface area (Å²) in [6.07, 6.45) is 1.86. The molecule has 2 aromatic carbocycles. The molecule has 1 fully saturated rings. The molecule has 1 saturated heterocycles. The Kier molecular flexibility index (Phi) is 6.75. The van der Waals surface area contributed by atoms with Crippen molar-refractivity contribution in [2.45, 2.75) is 19.8 Å². The largest absolute Gasteiger partial charge is 0.338 e. The molecule has 166 valence electrons. The van der Waals surface area contributed by atoms with Gasteiger partial charge in [0.1, 0.15) is 5.69 Å². The van der Waals surface area contributed by atoms with Crippen LogP contribution in [0.15, 0.2) is 54.6 Å². The number of aryl methyl sites for hydroxylation is 1. The minimum Gasteiger partial charge on any atom is -0.338 e. The summed E-state index contributed by atoms with van der Waals surface area (Å²) in [7, 11) is 0. The lowest BCUT2D eigenvalue weighted by molar-refractivity contribution is 0.0669. The van der Waals surface area contributed by atoms with E-state index in [0.29, 0.717) is 36.0 Å². The van der Waals surface area contributed by atoms with Crippen LogP contribution in [0, 0.1) is 12.8 Å². The number of piperidine rings is 1. The van der Waals surface area contributed by atoms with E-state index in [1.54, 1.807) is 12.1 Å². The minimum atomic E-state index is -0.239. The van der Waals surface area contributed by atoms with Gasteiger partial charge in [0, 0.05) is 35.9 Å². The smallest absolute Gasteiger partial charge is 0.319 e. The molecule has 32 heavy (non-hydrogen) atoms. The van der Waals surface area contributed by atoms with Crippen LogP contribution in [0.25, 0.3) is 11.3 Å². The summed E-state index contributed by atoms with van der Waals surface area (Å²) in [5.41, 5.74) is 3.88. The van der Waals surface area contributed by atoms with E-state index in [1.165, 1.54) is 0 Å². The number of rotatable bonds is 5. The van der Waals surface area contributed by atoms with E-state index < -0.39 is 0 Å². The van der Waals surface area contributed by atoms with E-state index in [0.717, 1.165) is 29.7 Å². The second kappa shape index (κ2) is 9.87. The summed E-state index contributed by atoms with van der Waals surface area (Å²) in [4.78, 5) is 27.0. The van der Waals surface area contributed by atoms with Crippen molar-refractivity contribution >= 4 is 29.2 Å². The van der Waals surface area contributed by atoms with Crippen molar-refractivity contribution in [2.24, 2.45) is 5.92 Å². The summed E-state index contributed by atoms with van der Waals surface area (Å²) in [5, 5.41) is 13.5. The van der Waals surface area contributed by atoms with Crippen LogP contribution in [0.4, 0.5) is 10.5 Å². The second-order valence-corrected chi connectivity index (χ2v) is 8.57. The number of hydrogen-bond donors (Lipinski definition) is 3. The highest BCUT2D eigenvalue weighted by atomic mass is 35.5. The maximum Gasteiger partial charge on any atom is 0.319 e. The molecule has 1 unspecified atom stereocenters. The molecule has 1 aliphatic rings. The summed E-state index contributed by atoms with van der Waals surface area (Å²) in [5.74, 6) is 0.117. The van der Waals surface area contributed by atoms with Crippen LogP contribution in [-0.2, 0) is 0 Å². The van der Waals surface area contributed by atoms with Gasteiger partial charge in [0.05, 0.1) is 5.69 Å². The third kappa shape index (κ3) is 5.48. The number of aromatic amines is 1. The van der Waals surface area contributed by atoms with Crippen molar-refractivity contribution in [1.29, 1.82) is 0 Å². The molecule has 2 heterocycles. The van der Waals surface area contributed by atoms with Crippen LogP contribution in [0.5, 0.6) is 0 Å². The molecule has 0 saturated carbocycles. The second-order valence-electron chi connectivity index (χ2n) is 8.14. The number of nitrogens with zero attached hydrogens (tertiary/aromatic N) is 2. The number of hydrogen-bond acceptors (Lipinski definition) is 3. The Hall–Kier alpha value is -3.32. The Morgan fingerprint density at radius 1 is 1.19 bits per heavy atom. The Bertz CT molecular complexity index is 1100. The first-order chi connectivity index (χ1) is 15.5. The van der Waals surface area contributed by atoms with Gasteiger partial charge in [-0.25, -0.2) is 4.79 Å². The van der Waals surface area contributed by atoms with Gasteiger partial charge in [-0.3, -0.25) is 9.89 Å². The van der Waals surface area contributed by atoms with Gasteiger partial charge in [-0.15, -0.1) is 0 Å². The zero-order chi connectivity index (χ0) is 22.5. The number of carbonyl (C=O) groups is 2. The predicted octanol–water partition coefficient (Wildman–Crippen LogP) is 4.71. The molecule has 0 radical (unpaired) electrons. The van der Waals surface area contributed by atoms with Crippen molar-refractivity contribution < 1.29 is 9.59 Å². The summed E-state index contributed by atoms with van der Waals surface area (Å²) >= 11 is 6.06. The first kappa shape index (κ1) is 21.9. The van der Waals surface area contributed by atoms with Gasteiger partial charge in [-0.05, 0) is 56.0 Å². The van der Waals surface area contributed by atoms with Gasteiger partial charge >= 0.3 is 6.03 Å². The lowest BCUT2D eigenvalue weighted by Gasteiger charge is -2.32. The fourth-order valence-electron chi connectivity index (χ4n) is 3.86. The first-order valence-electron chi connectivity index (χ1n) is 10.7. The van der Waals surface area contributed by atoms with Crippen LogP contribution in [0.2, 0.25) is 5.02 Å². The van der Waals surface area contributed by atoms with Gasteiger partial charge in [0.15, 0.2) is 0 Å². The van der Waals surface area contributed by atoms with Crippen molar-refractivity contribution in [3.63, 3.8) is 0 Å². The topological polar surface area (TPSA) is 90.1 Å². The van der Waals surface area contributed by atoms with Crippen LogP contribution in [0.1, 0.15) is 28.9 Å². The molecule has 8 heteroatoms. The number of halogens is 1. The number of carbonyl (C=O) groups excluding carboxylic acids is 2. The number of urea groups is 1. The fourth-order valence-corrected chi connectivity index (χ4v) is 4.05. The number of nitrogens with one attached hydrogen (secondary N) is 3. The number of H-pyrrole nitrogens is 1. The highest BCUT2D eigenvalue weighted by Gasteiger charge is 2.26. The molecule has 3 N–H and O–H groups in total. The molecule has 0 bridgehead atoms. The number of likely N-dealkylation sites (tertiary alicyclic amines) is 1. The standard InChI is InChI=1S/C24H26ClN5O2/c1-16-7-9-20(10-8-16)27-24(32)26-14-17-4-3-11-30(15-17)23(31)22-13-21(28-29-22)18-5-2-6-19(25)12-18/h2,5-10,12-13,17H,3-4,11,14-15H2,1H3,(H,28,29)(H2,26,27,32). The Morgan fingerprint density at radius 3 is 2.78 bits per heavy atom. The molecular formula is C24H26ClN5O2. The van der Waals surface area contributed by atoms with E-state index in [9.17, 15) is 9.59 Å². The lowest BCUT2D eigenvalue weighted by Crippen LogP contribution is -2.44. The number of benzene rings is 2. The van der Waals surface area contributed by atoms with Crippen molar-refractivity contribution in [1.82, 2.24) is 20.4 Å². The molecule has 4 rings (SSSR count). The minimum absolute atomic E-state index is 0.0837. The third-order valence-corrected chi connectivity index (χ3v) is 5.83. The molecule has 1 atom stereocenters. The monoisotopic (exact) mass is 451 g/mol. The SMILES string of the molecule is Cc1ccc(NC(=O)NCC2CCCN(C(=O)c3cc(-c4cccc(Cl)c4)n[nH]3)C2)cc1. The lowest BCUT2D eigenvalue weighted by atomic mass is 9.97. The van der Waals surface area contributed by atoms with E-state index in [1.807, 2.05) is 54.3 Å². The number of anilines is 1. The Labute approximate surface area is 192 Å². The van der Waals surface area contributed by atoms with Crippen molar-refractivity contribution in [3.05, 3.63) is 70.9 Å². The molecule has 3 aromatic rings. The molecule has 0 aliphatic carbocycles. The van der Waals surface area contributed by atoms with Crippen LogP contribution in [0.3, 0.4) is 0 Å². The van der Waals surface area contributed by atoms with E-state index in [2.05, 4.69) is 20.8 Å². The molecule has 1 aliphatic heterocycles. The average Bonchev–Trinajstić information content (AvgIpc) is 3.29. The van der Waals surface area contributed by atoms with E-state index in [-0.39, 0.29) is 17.9 Å². The predicted molar refractivity (Wildman–Crippen MR) is 126 cm³/mol. The van der Waals surface area contributed by atoms with E-state index in [4.69, 9.17) is 11.6 Å². The summed E-state index contributed by atoms with van der Waals surface area (Å²) in [6, 6.07) is 16.5. The molecule has 7 nitrogen and oxygen atoms in total. The van der Waals surface area contributed by atoms with Crippen molar-refractivity contribution in [2.75, 3.05) is 25.0 Å². The number of amides is 3. The normalized spacial score (nSPS) is 15.9. The van der Waals surface area contributed by atoms with Crippen molar-refractivity contribution in [3.8, 4) is 11.3 Å². The van der Waals surface area contributed by atoms with Gasteiger partial charge < -0.3 is 15.5 Å². The highest BCUT2D eigenvalue weighted by Crippen LogP contribution is 2.23. The molecule has 1 aromatic heterocycles. The zero-order valence-electron chi connectivity index (χ0n) is 17.9. The van der Waals surface area contributed by atoms with E-state index >= 15 is 0 Å². The van der Waals surface area contributed by atoms with Crippen LogP contribution < -0.4 is 10.6 Å². The Balaban J connectivity index is 1.31. The van der Waals surface area contributed by atoms with Gasteiger partial charge in [-0.1, -0.05) is 41.4 Å².